The summed E-state index contributed by atoms with van der Waals surface area (Å²) >= 11 is 3.41. The molecule has 0 bridgehead atoms. The van der Waals surface area contributed by atoms with Crippen molar-refractivity contribution >= 4 is 15.9 Å². The zero-order chi connectivity index (χ0) is 9.97. The molecule has 0 aliphatic carbocycles. The summed E-state index contributed by atoms with van der Waals surface area (Å²) in [6.45, 7) is 1.35. The van der Waals surface area contributed by atoms with Gasteiger partial charge >= 0.3 is 0 Å². The van der Waals surface area contributed by atoms with Crippen LogP contribution in [0.25, 0.3) is 0 Å². The summed E-state index contributed by atoms with van der Waals surface area (Å²) in [6, 6.07) is 1.90. The van der Waals surface area contributed by atoms with E-state index in [-0.39, 0.29) is 5.92 Å². The Morgan fingerprint density at radius 3 is 3.14 bits per heavy atom. The Morgan fingerprint density at radius 2 is 2.43 bits per heavy atom. The lowest BCUT2D eigenvalue weighted by molar-refractivity contribution is 0.231. The number of rotatable bonds is 1. The van der Waals surface area contributed by atoms with Gasteiger partial charge in [0.15, 0.2) is 0 Å². The van der Waals surface area contributed by atoms with Gasteiger partial charge in [-0.25, -0.2) is 4.39 Å². The fraction of sp³-hybridized carbons (Fsp3) is 0.500. The highest BCUT2D eigenvalue weighted by molar-refractivity contribution is 9.10. The van der Waals surface area contributed by atoms with E-state index in [4.69, 9.17) is 0 Å². The Morgan fingerprint density at radius 1 is 1.57 bits per heavy atom. The monoisotopic (exact) mass is 258 g/mol. The van der Waals surface area contributed by atoms with Crippen molar-refractivity contribution in [1.29, 1.82) is 0 Å². The van der Waals surface area contributed by atoms with Gasteiger partial charge < -0.3 is 5.32 Å². The standard InChI is InChI=1S/C10H12BrFN2/c11-9-5-13-3-1-7(9)8-2-4-14-6-10(8)12/h1,3,5,8,10,14H,2,4,6H2. The van der Waals surface area contributed by atoms with Crippen LogP contribution in [0, 0.1) is 0 Å². The number of nitrogens with zero attached hydrogens (tertiary/aromatic N) is 1. The molecular weight excluding hydrogens is 247 g/mol. The van der Waals surface area contributed by atoms with Crippen molar-refractivity contribution in [1.82, 2.24) is 10.3 Å². The first kappa shape index (κ1) is 10.1. The first-order chi connectivity index (χ1) is 6.79. The third kappa shape index (κ3) is 1.96. The molecule has 0 amide bonds. The van der Waals surface area contributed by atoms with Crippen molar-refractivity contribution in [3.8, 4) is 0 Å². The van der Waals surface area contributed by atoms with Crippen LogP contribution in [0.4, 0.5) is 4.39 Å². The second-order valence-electron chi connectivity index (χ2n) is 3.51. The first-order valence-corrected chi connectivity index (χ1v) is 5.52. The molecule has 0 aromatic carbocycles. The Hall–Kier alpha value is -0.480. The van der Waals surface area contributed by atoms with E-state index in [1.807, 2.05) is 6.07 Å². The summed E-state index contributed by atoms with van der Waals surface area (Å²) in [4.78, 5) is 3.98. The van der Waals surface area contributed by atoms with Crippen molar-refractivity contribution in [3.63, 3.8) is 0 Å². The van der Waals surface area contributed by atoms with Crippen LogP contribution >= 0.6 is 15.9 Å². The molecule has 2 nitrogen and oxygen atoms in total. The average molecular weight is 259 g/mol. The molecule has 0 saturated carbocycles. The molecule has 76 valence electrons. The van der Waals surface area contributed by atoms with Gasteiger partial charge in [0.05, 0.1) is 0 Å². The lowest BCUT2D eigenvalue weighted by Crippen LogP contribution is -2.36. The zero-order valence-corrected chi connectivity index (χ0v) is 9.30. The van der Waals surface area contributed by atoms with Crippen LogP contribution in [-0.4, -0.2) is 24.2 Å². The van der Waals surface area contributed by atoms with Gasteiger partial charge in [0.25, 0.3) is 0 Å². The van der Waals surface area contributed by atoms with E-state index in [0.29, 0.717) is 6.54 Å². The minimum atomic E-state index is -0.789. The van der Waals surface area contributed by atoms with E-state index in [1.165, 1.54) is 0 Å². The molecule has 4 heteroatoms. The van der Waals surface area contributed by atoms with Crippen molar-refractivity contribution in [2.24, 2.45) is 0 Å². The molecule has 1 aliphatic rings. The number of piperidine rings is 1. The Bertz CT molecular complexity index is 319. The van der Waals surface area contributed by atoms with Gasteiger partial charge in [-0.2, -0.15) is 0 Å². The largest absolute Gasteiger partial charge is 0.314 e. The van der Waals surface area contributed by atoms with Gasteiger partial charge in [-0.05, 0) is 40.5 Å². The molecule has 2 heterocycles. The summed E-state index contributed by atoms with van der Waals surface area (Å²) in [6.07, 6.45) is 3.50. The van der Waals surface area contributed by atoms with Crippen LogP contribution in [0.5, 0.6) is 0 Å². The van der Waals surface area contributed by atoms with E-state index in [2.05, 4.69) is 26.2 Å². The van der Waals surface area contributed by atoms with Crippen molar-refractivity contribution in [2.45, 2.75) is 18.5 Å². The smallest absolute Gasteiger partial charge is 0.119 e. The van der Waals surface area contributed by atoms with Gasteiger partial charge in [-0.3, -0.25) is 4.98 Å². The molecule has 1 saturated heterocycles. The van der Waals surface area contributed by atoms with Crippen LogP contribution in [0.1, 0.15) is 17.9 Å². The highest BCUT2D eigenvalue weighted by Gasteiger charge is 2.27. The fourth-order valence-corrected chi connectivity index (χ4v) is 2.40. The van der Waals surface area contributed by atoms with Crippen molar-refractivity contribution in [2.75, 3.05) is 13.1 Å². The molecular formula is C10H12BrFN2. The number of halogens is 2. The van der Waals surface area contributed by atoms with Crippen LogP contribution in [-0.2, 0) is 0 Å². The maximum absolute atomic E-state index is 13.6. The molecule has 1 N–H and O–H groups in total. The number of aromatic nitrogens is 1. The van der Waals surface area contributed by atoms with Crippen LogP contribution in [0.2, 0.25) is 0 Å². The molecule has 14 heavy (non-hydrogen) atoms. The van der Waals surface area contributed by atoms with Gasteiger partial charge in [0, 0.05) is 29.3 Å². The molecule has 2 atom stereocenters. The normalized spacial score (nSPS) is 27.6. The molecule has 2 rings (SSSR count). The van der Waals surface area contributed by atoms with E-state index >= 15 is 0 Å². The predicted molar refractivity (Wildman–Crippen MR) is 57.1 cm³/mol. The molecule has 1 aromatic heterocycles. The number of nitrogens with one attached hydrogen (secondary N) is 1. The fourth-order valence-electron chi connectivity index (χ4n) is 1.86. The second kappa shape index (κ2) is 4.36. The molecule has 0 radical (unpaired) electrons. The van der Waals surface area contributed by atoms with Crippen LogP contribution in [0.15, 0.2) is 22.9 Å². The summed E-state index contributed by atoms with van der Waals surface area (Å²) in [5.41, 5.74) is 1.04. The van der Waals surface area contributed by atoms with Gasteiger partial charge in [0.1, 0.15) is 6.17 Å². The van der Waals surface area contributed by atoms with Gasteiger partial charge in [0.2, 0.25) is 0 Å². The first-order valence-electron chi connectivity index (χ1n) is 4.73. The number of pyridine rings is 1. The Balaban J connectivity index is 2.25. The minimum absolute atomic E-state index is 0.00799. The highest BCUT2D eigenvalue weighted by Crippen LogP contribution is 2.32. The van der Waals surface area contributed by atoms with Gasteiger partial charge in [-0.1, -0.05) is 0 Å². The lowest BCUT2D eigenvalue weighted by Gasteiger charge is -2.27. The van der Waals surface area contributed by atoms with E-state index in [9.17, 15) is 4.39 Å². The molecule has 2 unspecified atom stereocenters. The highest BCUT2D eigenvalue weighted by atomic mass is 79.9. The SMILES string of the molecule is FC1CNCCC1c1ccncc1Br. The summed E-state index contributed by atoms with van der Waals surface area (Å²) in [5, 5.41) is 3.05. The maximum atomic E-state index is 13.6. The van der Waals surface area contributed by atoms with E-state index < -0.39 is 6.17 Å². The van der Waals surface area contributed by atoms with Gasteiger partial charge in [-0.15, -0.1) is 0 Å². The quantitative estimate of drug-likeness (QED) is 0.836. The molecule has 0 spiro atoms. The van der Waals surface area contributed by atoms with E-state index in [1.54, 1.807) is 12.4 Å². The Labute approximate surface area is 91.1 Å². The molecule has 1 aromatic rings. The minimum Gasteiger partial charge on any atom is -0.314 e. The summed E-state index contributed by atoms with van der Waals surface area (Å²) in [5.74, 6) is 0.00799. The second-order valence-corrected chi connectivity index (χ2v) is 4.37. The maximum Gasteiger partial charge on any atom is 0.119 e. The van der Waals surface area contributed by atoms with Crippen molar-refractivity contribution in [3.05, 3.63) is 28.5 Å². The third-order valence-electron chi connectivity index (χ3n) is 2.61. The zero-order valence-electron chi connectivity index (χ0n) is 7.71. The number of hydrogen-bond donors (Lipinski definition) is 1. The average Bonchev–Trinajstić information content (AvgIpc) is 2.20. The predicted octanol–water partition coefficient (Wildman–Crippen LogP) is 2.26. The molecule has 1 aliphatic heterocycles. The number of hydrogen-bond acceptors (Lipinski definition) is 2. The van der Waals surface area contributed by atoms with Crippen LogP contribution < -0.4 is 5.32 Å². The lowest BCUT2D eigenvalue weighted by atomic mass is 9.89. The molecule has 1 fully saturated rings. The van der Waals surface area contributed by atoms with E-state index in [0.717, 1.165) is 23.0 Å². The van der Waals surface area contributed by atoms with Crippen molar-refractivity contribution < 1.29 is 4.39 Å². The topological polar surface area (TPSA) is 24.9 Å². The van der Waals surface area contributed by atoms with Crippen LogP contribution in [0.3, 0.4) is 0 Å². The summed E-state index contributed by atoms with van der Waals surface area (Å²) < 4.78 is 14.5. The number of alkyl halides is 1. The Kier molecular flexibility index (Phi) is 3.13. The third-order valence-corrected chi connectivity index (χ3v) is 3.27. The summed E-state index contributed by atoms with van der Waals surface area (Å²) in [7, 11) is 0.